The highest BCUT2D eigenvalue weighted by atomic mass is 16.5. The highest BCUT2D eigenvalue weighted by Crippen LogP contribution is 2.23. The van der Waals surface area contributed by atoms with Gasteiger partial charge in [-0.3, -0.25) is 4.79 Å². The number of nitrogens with one attached hydrogen (secondary N) is 1. The van der Waals surface area contributed by atoms with Gasteiger partial charge in [0, 0.05) is 37.6 Å². The monoisotopic (exact) mass is 400 g/mol. The summed E-state index contributed by atoms with van der Waals surface area (Å²) in [4.78, 5) is 15.0. The molecule has 160 valence electrons. The molecule has 0 aliphatic carbocycles. The number of amides is 1. The van der Waals surface area contributed by atoms with Crippen LogP contribution in [0.1, 0.15) is 62.5 Å². The Morgan fingerprint density at radius 3 is 2.86 bits per heavy atom. The second-order valence-electron chi connectivity index (χ2n) is 8.16. The molecule has 0 aromatic carbocycles. The molecule has 6 nitrogen and oxygen atoms in total. The number of hydrogen-bond donors (Lipinski definition) is 1. The van der Waals surface area contributed by atoms with Crippen LogP contribution in [0.5, 0.6) is 0 Å². The van der Waals surface area contributed by atoms with E-state index in [0.29, 0.717) is 19.2 Å². The van der Waals surface area contributed by atoms with Crippen molar-refractivity contribution in [3.8, 4) is 6.07 Å². The number of aryl methyl sites for hydroxylation is 1. The van der Waals surface area contributed by atoms with E-state index in [1.165, 1.54) is 19.3 Å². The quantitative estimate of drug-likeness (QED) is 0.391. The molecule has 1 N–H and O–H groups in total. The van der Waals surface area contributed by atoms with Crippen LogP contribution in [0.3, 0.4) is 0 Å². The third-order valence-electron chi connectivity index (χ3n) is 5.89. The number of nitrogens with zero attached hydrogens (tertiary/aromatic N) is 3. The summed E-state index contributed by atoms with van der Waals surface area (Å²) < 4.78 is 7.45. The number of likely N-dealkylation sites (tertiary alicyclic amines) is 1. The zero-order chi connectivity index (χ0) is 21.4. The molecular formula is C23H36N4O2. The highest BCUT2D eigenvalue weighted by Gasteiger charge is 2.18. The molecule has 0 bridgehead atoms. The van der Waals surface area contributed by atoms with Gasteiger partial charge in [0.2, 0.25) is 0 Å². The maximum Gasteiger partial charge on any atom is 0.261 e. The lowest BCUT2D eigenvalue weighted by Crippen LogP contribution is -2.39. The molecule has 2 unspecified atom stereocenters. The number of piperidine rings is 1. The molecule has 1 fully saturated rings. The first-order chi connectivity index (χ1) is 13.9. The van der Waals surface area contributed by atoms with Crippen molar-refractivity contribution in [3.05, 3.63) is 28.6 Å². The largest absolute Gasteiger partial charge is 0.383 e. The predicted octanol–water partition coefficient (Wildman–Crippen LogP) is 3.60. The first-order valence-corrected chi connectivity index (χ1v) is 10.7. The van der Waals surface area contributed by atoms with Gasteiger partial charge in [0.1, 0.15) is 11.6 Å². The smallest absolute Gasteiger partial charge is 0.261 e. The fourth-order valence-corrected chi connectivity index (χ4v) is 4.32. The molecular weight excluding hydrogens is 364 g/mol. The van der Waals surface area contributed by atoms with Gasteiger partial charge in [0.15, 0.2) is 0 Å². The van der Waals surface area contributed by atoms with E-state index in [9.17, 15) is 10.1 Å². The number of ether oxygens (including phenoxy) is 1. The lowest BCUT2D eigenvalue weighted by Gasteiger charge is -2.33. The molecule has 6 heteroatoms. The van der Waals surface area contributed by atoms with Gasteiger partial charge in [-0.15, -0.1) is 0 Å². The molecule has 0 radical (unpaired) electrons. The van der Waals surface area contributed by atoms with Crippen LogP contribution in [0.25, 0.3) is 6.08 Å². The van der Waals surface area contributed by atoms with Crippen LogP contribution in [0.4, 0.5) is 0 Å². The van der Waals surface area contributed by atoms with Crippen molar-refractivity contribution in [2.75, 3.05) is 33.4 Å². The van der Waals surface area contributed by atoms with E-state index in [-0.39, 0.29) is 17.5 Å². The number of hydrogen-bond acceptors (Lipinski definition) is 4. The minimum atomic E-state index is -0.297. The molecule has 0 saturated carbocycles. The van der Waals surface area contributed by atoms with Gasteiger partial charge >= 0.3 is 0 Å². The van der Waals surface area contributed by atoms with Crippen molar-refractivity contribution in [1.29, 1.82) is 5.26 Å². The number of rotatable bonds is 9. The van der Waals surface area contributed by atoms with Crippen molar-refractivity contribution >= 4 is 12.0 Å². The second kappa shape index (κ2) is 11.2. The van der Waals surface area contributed by atoms with Crippen LogP contribution in [0.15, 0.2) is 11.6 Å². The molecule has 1 aliphatic rings. The maximum absolute atomic E-state index is 12.5. The second-order valence-corrected chi connectivity index (χ2v) is 8.16. The molecule has 1 aromatic heterocycles. The number of nitriles is 1. The Bertz CT molecular complexity index is 760. The Balaban J connectivity index is 1.96. The van der Waals surface area contributed by atoms with E-state index in [1.807, 2.05) is 19.9 Å². The normalized spacial score (nSPS) is 19.0. The van der Waals surface area contributed by atoms with Gasteiger partial charge in [-0.1, -0.05) is 6.42 Å². The van der Waals surface area contributed by atoms with E-state index >= 15 is 0 Å². The van der Waals surface area contributed by atoms with Crippen molar-refractivity contribution in [2.24, 2.45) is 0 Å². The number of carbonyl (C=O) groups excluding carboxylic acids is 1. The van der Waals surface area contributed by atoms with Gasteiger partial charge in [-0.25, -0.2) is 0 Å². The average molecular weight is 401 g/mol. The summed E-state index contributed by atoms with van der Waals surface area (Å²) in [6.45, 7) is 11.8. The Kier molecular flexibility index (Phi) is 8.94. The van der Waals surface area contributed by atoms with Crippen LogP contribution in [-0.4, -0.2) is 54.8 Å². The minimum absolute atomic E-state index is 0.149. The Labute approximate surface area is 175 Å². The molecule has 2 heterocycles. The fraction of sp³-hybridized carbons (Fsp3) is 0.652. The third-order valence-corrected chi connectivity index (χ3v) is 5.89. The molecule has 0 spiro atoms. The average Bonchev–Trinajstić information content (AvgIpc) is 2.97. The van der Waals surface area contributed by atoms with Crippen LogP contribution in [0, 0.1) is 25.2 Å². The molecule has 2 atom stereocenters. The fourth-order valence-electron chi connectivity index (χ4n) is 4.32. The van der Waals surface area contributed by atoms with Crippen LogP contribution in [-0.2, 0) is 9.53 Å². The summed E-state index contributed by atoms with van der Waals surface area (Å²) in [5.41, 5.74) is 3.17. The SMILES string of the molecule is COCC(C)n1c(C)cc(/C=C(/C#N)C(=O)NCCCN2CCCCC2C)c1C. The van der Waals surface area contributed by atoms with E-state index < -0.39 is 0 Å². The van der Waals surface area contributed by atoms with Crippen molar-refractivity contribution in [1.82, 2.24) is 14.8 Å². The van der Waals surface area contributed by atoms with E-state index in [2.05, 4.69) is 34.7 Å². The van der Waals surface area contributed by atoms with Gasteiger partial charge < -0.3 is 19.5 Å². The standard InChI is InChI=1S/C23H36N4O2/c1-17-9-6-7-11-26(17)12-8-10-25-23(28)22(15-24)14-21-13-18(2)27(20(21)4)19(3)16-29-5/h13-14,17,19H,6-12,16H2,1-5H3,(H,25,28)/b22-14-. The van der Waals surface area contributed by atoms with Gasteiger partial charge in [-0.2, -0.15) is 5.26 Å². The molecule has 1 amide bonds. The third kappa shape index (κ3) is 6.19. The van der Waals surface area contributed by atoms with Crippen LogP contribution < -0.4 is 5.32 Å². The first kappa shape index (κ1) is 23.2. The van der Waals surface area contributed by atoms with E-state index in [1.54, 1.807) is 13.2 Å². The number of methoxy groups -OCH3 is 1. The Morgan fingerprint density at radius 2 is 2.21 bits per heavy atom. The molecule has 1 aliphatic heterocycles. The van der Waals surface area contributed by atoms with Crippen LogP contribution >= 0.6 is 0 Å². The highest BCUT2D eigenvalue weighted by molar-refractivity contribution is 6.01. The number of aromatic nitrogens is 1. The van der Waals surface area contributed by atoms with Gasteiger partial charge in [0.25, 0.3) is 5.91 Å². The Hall–Kier alpha value is -2.10. The summed E-state index contributed by atoms with van der Waals surface area (Å²) >= 11 is 0. The molecule has 2 rings (SSSR count). The minimum Gasteiger partial charge on any atom is -0.383 e. The maximum atomic E-state index is 12.5. The summed E-state index contributed by atoms with van der Waals surface area (Å²) in [6.07, 6.45) is 6.43. The first-order valence-electron chi connectivity index (χ1n) is 10.7. The summed E-state index contributed by atoms with van der Waals surface area (Å²) in [7, 11) is 1.69. The topological polar surface area (TPSA) is 70.3 Å². The zero-order valence-electron chi connectivity index (χ0n) is 18.6. The molecule has 1 saturated heterocycles. The summed E-state index contributed by atoms with van der Waals surface area (Å²) in [6, 6.07) is 4.90. The van der Waals surface area contributed by atoms with E-state index in [4.69, 9.17) is 4.74 Å². The molecule has 1 aromatic rings. The van der Waals surface area contributed by atoms with Crippen molar-refractivity contribution in [2.45, 2.75) is 65.5 Å². The molecule has 29 heavy (non-hydrogen) atoms. The van der Waals surface area contributed by atoms with Gasteiger partial charge in [0.05, 0.1) is 12.6 Å². The summed E-state index contributed by atoms with van der Waals surface area (Å²) in [5.74, 6) is -0.297. The lowest BCUT2D eigenvalue weighted by atomic mass is 10.0. The van der Waals surface area contributed by atoms with Gasteiger partial charge in [-0.05, 0) is 71.2 Å². The number of carbonyl (C=O) groups is 1. The predicted molar refractivity (Wildman–Crippen MR) is 117 cm³/mol. The summed E-state index contributed by atoms with van der Waals surface area (Å²) in [5, 5.41) is 12.4. The van der Waals surface area contributed by atoms with Crippen molar-refractivity contribution < 1.29 is 9.53 Å². The van der Waals surface area contributed by atoms with Crippen LogP contribution in [0.2, 0.25) is 0 Å². The lowest BCUT2D eigenvalue weighted by molar-refractivity contribution is -0.117. The van der Waals surface area contributed by atoms with E-state index in [0.717, 1.165) is 36.5 Å². The Morgan fingerprint density at radius 1 is 1.45 bits per heavy atom. The van der Waals surface area contributed by atoms with Crippen molar-refractivity contribution in [3.63, 3.8) is 0 Å². The zero-order valence-corrected chi connectivity index (χ0v) is 18.6.